The van der Waals surface area contributed by atoms with E-state index in [1.165, 1.54) is 19.2 Å². The van der Waals surface area contributed by atoms with Crippen LogP contribution in [0.5, 0.6) is 0 Å². The summed E-state index contributed by atoms with van der Waals surface area (Å²) >= 11 is 6.17. The maximum atomic E-state index is 14.3. The van der Waals surface area contributed by atoms with Gasteiger partial charge in [0.1, 0.15) is 22.8 Å². The van der Waals surface area contributed by atoms with E-state index in [4.69, 9.17) is 16.0 Å². The van der Waals surface area contributed by atoms with Gasteiger partial charge in [-0.25, -0.2) is 4.39 Å². The van der Waals surface area contributed by atoms with Crippen LogP contribution in [0.15, 0.2) is 95.7 Å². The molecule has 2 heterocycles. The van der Waals surface area contributed by atoms with E-state index in [9.17, 15) is 14.3 Å². The number of pyridine rings is 1. The highest BCUT2D eigenvalue weighted by Crippen LogP contribution is 2.35. The predicted molar refractivity (Wildman–Crippen MR) is 145 cm³/mol. The molecule has 7 heteroatoms. The Kier molecular flexibility index (Phi) is 7.02. The van der Waals surface area contributed by atoms with Crippen LogP contribution < -0.4 is 5.32 Å². The molecule has 2 unspecified atom stereocenters. The number of carbonyl (C=O) groups is 1. The summed E-state index contributed by atoms with van der Waals surface area (Å²) in [5, 5.41) is 15.6. The van der Waals surface area contributed by atoms with E-state index >= 15 is 0 Å². The molecule has 0 spiro atoms. The number of fused-ring (bicyclic) bond motifs is 1. The first kappa shape index (κ1) is 25.6. The molecular weight excluding hydrogens is 503 g/mol. The number of aryl methyl sites for hydroxylation is 1. The summed E-state index contributed by atoms with van der Waals surface area (Å²) in [7, 11) is 0. The first-order valence-corrected chi connectivity index (χ1v) is 12.6. The Morgan fingerprint density at radius 2 is 1.89 bits per heavy atom. The Hall–Kier alpha value is -4.00. The number of hydrogen-bond acceptors (Lipinski definition) is 4. The molecule has 0 saturated heterocycles. The largest absolute Gasteiger partial charge is 0.458 e. The molecule has 3 aromatic carbocycles. The fraction of sp³-hybridized carbons (Fsp3) is 0.161. The zero-order valence-electron chi connectivity index (χ0n) is 20.9. The first-order valence-electron chi connectivity index (χ1n) is 12.2. The van der Waals surface area contributed by atoms with Crippen molar-refractivity contribution in [3.05, 3.63) is 136 Å². The normalized spacial score (nSPS) is 13.7. The molecule has 2 aromatic heterocycles. The third kappa shape index (κ3) is 5.19. The van der Waals surface area contributed by atoms with E-state index in [1.807, 2.05) is 67.6 Å². The van der Waals surface area contributed by atoms with Crippen LogP contribution in [0.1, 0.15) is 46.5 Å². The van der Waals surface area contributed by atoms with E-state index in [0.29, 0.717) is 16.0 Å². The van der Waals surface area contributed by atoms with Gasteiger partial charge in [-0.2, -0.15) is 0 Å². The molecule has 5 nitrogen and oxygen atoms in total. The van der Waals surface area contributed by atoms with Crippen molar-refractivity contribution in [2.75, 3.05) is 0 Å². The summed E-state index contributed by atoms with van der Waals surface area (Å²) in [5.74, 6) is -0.581. The summed E-state index contributed by atoms with van der Waals surface area (Å²) in [6.45, 7) is 3.44. The number of benzene rings is 3. The van der Waals surface area contributed by atoms with E-state index in [-0.39, 0.29) is 29.7 Å². The smallest absolute Gasteiger partial charge is 0.225 e. The van der Waals surface area contributed by atoms with Crippen LogP contribution in [0.4, 0.5) is 4.39 Å². The molecule has 38 heavy (non-hydrogen) atoms. The SMILES string of the molecule is Cc1cc(Cl)ccc1C(NC(=O)Cc1ccc2oc(C(C)(O)c3ccncc3F)cc2c1)c1ccccc1. The van der Waals surface area contributed by atoms with E-state index in [1.54, 1.807) is 12.1 Å². The van der Waals surface area contributed by atoms with Crippen molar-refractivity contribution >= 4 is 28.5 Å². The Labute approximate surface area is 224 Å². The summed E-state index contributed by atoms with van der Waals surface area (Å²) < 4.78 is 20.2. The zero-order chi connectivity index (χ0) is 26.9. The molecule has 0 saturated carbocycles. The lowest BCUT2D eigenvalue weighted by Gasteiger charge is -2.22. The van der Waals surface area contributed by atoms with Gasteiger partial charge < -0.3 is 14.8 Å². The number of halogens is 2. The van der Waals surface area contributed by atoms with Crippen molar-refractivity contribution in [2.45, 2.75) is 31.9 Å². The number of rotatable bonds is 7. The second-order valence-electron chi connectivity index (χ2n) is 9.50. The first-order chi connectivity index (χ1) is 18.2. The lowest BCUT2D eigenvalue weighted by Crippen LogP contribution is -2.31. The molecule has 1 amide bonds. The lowest BCUT2D eigenvalue weighted by molar-refractivity contribution is -0.120. The highest BCUT2D eigenvalue weighted by atomic mass is 35.5. The van der Waals surface area contributed by atoms with Crippen LogP contribution in [-0.2, 0) is 16.8 Å². The van der Waals surface area contributed by atoms with Gasteiger partial charge in [0, 0.05) is 22.2 Å². The number of hydrogen-bond donors (Lipinski definition) is 2. The van der Waals surface area contributed by atoms with Crippen LogP contribution in [0.2, 0.25) is 5.02 Å². The quantitative estimate of drug-likeness (QED) is 0.248. The number of aliphatic hydroxyl groups is 1. The minimum atomic E-state index is -1.69. The minimum Gasteiger partial charge on any atom is -0.458 e. The average Bonchev–Trinajstić information content (AvgIpc) is 3.33. The standard InChI is InChI=1S/C31H26ClFN2O3/c1-19-14-23(32)9-10-24(19)30(21-6-4-3-5-7-21)35-29(36)16-20-8-11-27-22(15-20)17-28(38-27)31(2,37)25-12-13-34-18-26(25)33/h3-15,17-18,30,37H,16H2,1-2H3,(H,35,36). The molecule has 0 radical (unpaired) electrons. The van der Waals surface area contributed by atoms with Crippen molar-refractivity contribution in [2.24, 2.45) is 0 Å². The lowest BCUT2D eigenvalue weighted by atomic mass is 9.93. The molecule has 192 valence electrons. The third-order valence-electron chi connectivity index (χ3n) is 6.70. The number of carbonyl (C=O) groups excluding carboxylic acids is 1. The molecule has 0 aliphatic heterocycles. The fourth-order valence-electron chi connectivity index (χ4n) is 4.69. The van der Waals surface area contributed by atoms with Crippen molar-refractivity contribution in [3.63, 3.8) is 0 Å². The Morgan fingerprint density at radius 3 is 2.63 bits per heavy atom. The molecule has 0 fully saturated rings. The highest BCUT2D eigenvalue weighted by molar-refractivity contribution is 6.30. The van der Waals surface area contributed by atoms with Gasteiger partial charge >= 0.3 is 0 Å². The fourth-order valence-corrected chi connectivity index (χ4v) is 4.92. The van der Waals surface area contributed by atoms with Crippen LogP contribution in [0, 0.1) is 12.7 Å². The number of aromatic nitrogens is 1. The molecular formula is C31H26ClFN2O3. The third-order valence-corrected chi connectivity index (χ3v) is 6.94. The van der Waals surface area contributed by atoms with Gasteiger partial charge in [0.2, 0.25) is 5.91 Å². The van der Waals surface area contributed by atoms with Gasteiger partial charge in [0.15, 0.2) is 0 Å². The van der Waals surface area contributed by atoms with Crippen LogP contribution in [0.3, 0.4) is 0 Å². The average molecular weight is 529 g/mol. The molecule has 0 aliphatic rings. The minimum absolute atomic E-state index is 0.0654. The maximum Gasteiger partial charge on any atom is 0.225 e. The summed E-state index contributed by atoms with van der Waals surface area (Å²) in [6.07, 6.45) is 2.61. The van der Waals surface area contributed by atoms with Gasteiger partial charge in [-0.15, -0.1) is 0 Å². The molecule has 2 atom stereocenters. The zero-order valence-corrected chi connectivity index (χ0v) is 21.7. The van der Waals surface area contributed by atoms with Gasteiger partial charge in [-0.1, -0.05) is 54.1 Å². The molecule has 5 rings (SSSR count). The number of amides is 1. The van der Waals surface area contributed by atoms with Crippen molar-refractivity contribution in [1.82, 2.24) is 10.3 Å². The summed E-state index contributed by atoms with van der Waals surface area (Å²) in [6, 6.07) is 23.6. The highest BCUT2D eigenvalue weighted by Gasteiger charge is 2.32. The van der Waals surface area contributed by atoms with Crippen LogP contribution in [-0.4, -0.2) is 16.0 Å². The van der Waals surface area contributed by atoms with Gasteiger partial charge in [0.25, 0.3) is 0 Å². The molecule has 0 bridgehead atoms. The molecule has 2 N–H and O–H groups in total. The molecule has 5 aromatic rings. The predicted octanol–water partition coefficient (Wildman–Crippen LogP) is 6.63. The Bertz CT molecular complexity index is 1610. The number of nitrogens with zero attached hydrogens (tertiary/aromatic N) is 1. The van der Waals surface area contributed by atoms with Gasteiger partial charge in [-0.3, -0.25) is 9.78 Å². The van der Waals surface area contributed by atoms with E-state index in [0.717, 1.165) is 28.5 Å². The number of furan rings is 1. The van der Waals surface area contributed by atoms with Gasteiger partial charge in [-0.05, 0) is 72.5 Å². The van der Waals surface area contributed by atoms with Crippen LogP contribution >= 0.6 is 11.6 Å². The second-order valence-corrected chi connectivity index (χ2v) is 9.94. The maximum absolute atomic E-state index is 14.3. The van der Waals surface area contributed by atoms with Crippen LogP contribution in [0.25, 0.3) is 11.0 Å². The van der Waals surface area contributed by atoms with Crippen molar-refractivity contribution in [1.29, 1.82) is 0 Å². The summed E-state index contributed by atoms with van der Waals surface area (Å²) in [5.41, 5.74) is 2.59. The van der Waals surface area contributed by atoms with Crippen molar-refractivity contribution < 1.29 is 18.7 Å². The van der Waals surface area contributed by atoms with Gasteiger partial charge in [0.05, 0.1) is 18.7 Å². The Morgan fingerprint density at radius 1 is 1.11 bits per heavy atom. The summed E-state index contributed by atoms with van der Waals surface area (Å²) in [4.78, 5) is 17.0. The van der Waals surface area contributed by atoms with E-state index in [2.05, 4.69) is 10.3 Å². The van der Waals surface area contributed by atoms with Crippen molar-refractivity contribution in [3.8, 4) is 0 Å². The van der Waals surface area contributed by atoms with E-state index < -0.39 is 11.4 Å². The topological polar surface area (TPSA) is 75.4 Å². The molecule has 0 aliphatic carbocycles. The second kappa shape index (κ2) is 10.4. The monoisotopic (exact) mass is 528 g/mol. The number of nitrogens with one attached hydrogen (secondary N) is 1. The Balaban J connectivity index is 1.39.